The van der Waals surface area contributed by atoms with E-state index in [1.165, 1.54) is 23.9 Å². The van der Waals surface area contributed by atoms with Crippen molar-refractivity contribution in [3.8, 4) is 11.4 Å². The predicted molar refractivity (Wildman–Crippen MR) is 106 cm³/mol. The summed E-state index contributed by atoms with van der Waals surface area (Å²) in [5.74, 6) is 0.776. The van der Waals surface area contributed by atoms with E-state index >= 15 is 0 Å². The zero-order valence-electron chi connectivity index (χ0n) is 14.6. The number of allylic oxidation sites excluding steroid dienone is 1. The second kappa shape index (κ2) is 9.80. The smallest absolute Gasteiger partial charge is 0.191 e. The van der Waals surface area contributed by atoms with Gasteiger partial charge in [0, 0.05) is 22.7 Å². The molecule has 142 valence electrons. The van der Waals surface area contributed by atoms with Gasteiger partial charge in [0.25, 0.3) is 0 Å². The van der Waals surface area contributed by atoms with E-state index in [2.05, 4.69) is 16.8 Å². The first kappa shape index (κ1) is 19.8. The fraction of sp³-hybridized carbons (Fsp3) is 0.263. The van der Waals surface area contributed by atoms with Crippen molar-refractivity contribution in [2.24, 2.45) is 0 Å². The molecule has 0 bridgehead atoms. The van der Waals surface area contributed by atoms with Crippen molar-refractivity contribution in [2.75, 3.05) is 12.4 Å². The van der Waals surface area contributed by atoms with Crippen LogP contribution in [0.25, 0.3) is 11.4 Å². The maximum atomic E-state index is 13.2. The Bertz CT molecular complexity index is 850. The van der Waals surface area contributed by atoms with Crippen molar-refractivity contribution in [3.63, 3.8) is 0 Å². The van der Waals surface area contributed by atoms with Gasteiger partial charge < -0.3 is 9.84 Å². The average Bonchev–Trinajstić information content (AvgIpc) is 3.31. The molecule has 0 saturated heterocycles. The summed E-state index contributed by atoms with van der Waals surface area (Å²) in [4.78, 5) is 1.13. The van der Waals surface area contributed by atoms with Crippen LogP contribution in [0.1, 0.15) is 4.88 Å². The number of aliphatic hydroxyl groups excluding tert-OH is 1. The molecule has 8 heteroatoms. The Kier molecular flexibility index (Phi) is 7.17. The molecule has 1 aromatic carbocycles. The molecule has 3 aromatic rings. The van der Waals surface area contributed by atoms with Gasteiger partial charge in [-0.3, -0.25) is 4.57 Å². The minimum absolute atomic E-state index is 0.255. The van der Waals surface area contributed by atoms with Crippen LogP contribution in [0.2, 0.25) is 0 Å². The maximum absolute atomic E-state index is 13.2. The van der Waals surface area contributed by atoms with Crippen molar-refractivity contribution in [1.29, 1.82) is 0 Å². The Labute approximate surface area is 165 Å². The number of aliphatic hydroxyl groups is 1. The molecule has 0 aliphatic rings. The van der Waals surface area contributed by atoms with Crippen LogP contribution in [0.15, 0.2) is 59.6 Å². The monoisotopic (exact) mass is 405 g/mol. The highest BCUT2D eigenvalue weighted by molar-refractivity contribution is 7.99. The third-order valence-corrected chi connectivity index (χ3v) is 5.63. The molecule has 27 heavy (non-hydrogen) atoms. The maximum Gasteiger partial charge on any atom is 0.191 e. The lowest BCUT2D eigenvalue weighted by atomic mass is 10.2. The van der Waals surface area contributed by atoms with Gasteiger partial charge >= 0.3 is 0 Å². The molecule has 0 radical (unpaired) electrons. The van der Waals surface area contributed by atoms with Crippen LogP contribution in [-0.4, -0.2) is 38.3 Å². The minimum Gasteiger partial charge on any atom is -0.390 e. The zero-order chi connectivity index (χ0) is 19.1. The highest BCUT2D eigenvalue weighted by Gasteiger charge is 2.15. The molecule has 5 nitrogen and oxygen atoms in total. The van der Waals surface area contributed by atoms with Gasteiger partial charge in [0.2, 0.25) is 0 Å². The van der Waals surface area contributed by atoms with E-state index in [-0.39, 0.29) is 12.4 Å². The summed E-state index contributed by atoms with van der Waals surface area (Å²) in [6.45, 7) is 5.05. The molecule has 0 amide bonds. The Hall–Kier alpha value is -2.00. The Morgan fingerprint density at radius 2 is 2.11 bits per heavy atom. The zero-order valence-corrected chi connectivity index (χ0v) is 16.3. The second-order valence-corrected chi connectivity index (χ2v) is 7.79. The molecule has 0 saturated carbocycles. The molecule has 3 rings (SSSR count). The van der Waals surface area contributed by atoms with Crippen LogP contribution in [0.5, 0.6) is 0 Å². The summed E-state index contributed by atoms with van der Waals surface area (Å²) in [7, 11) is 0. The van der Waals surface area contributed by atoms with Crippen molar-refractivity contribution in [2.45, 2.75) is 24.4 Å². The molecule has 0 spiro atoms. The lowest BCUT2D eigenvalue weighted by molar-refractivity contribution is 0.0408. The molecule has 0 fully saturated rings. The first-order chi connectivity index (χ1) is 13.2. The Morgan fingerprint density at radius 1 is 1.30 bits per heavy atom. The average molecular weight is 406 g/mol. The molecular formula is C19H20FN3O2S2. The lowest BCUT2D eigenvalue weighted by Gasteiger charge is -2.11. The van der Waals surface area contributed by atoms with Crippen molar-refractivity contribution in [3.05, 3.63) is 65.1 Å². The van der Waals surface area contributed by atoms with Crippen LogP contribution in [-0.2, 0) is 17.9 Å². The van der Waals surface area contributed by atoms with Crippen LogP contribution >= 0.6 is 23.1 Å². The summed E-state index contributed by atoms with van der Waals surface area (Å²) >= 11 is 3.03. The molecule has 1 atom stereocenters. The molecular weight excluding hydrogens is 385 g/mol. The number of thioether (sulfide) groups is 1. The quantitative estimate of drug-likeness (QED) is 0.408. The van der Waals surface area contributed by atoms with Crippen LogP contribution in [0.3, 0.4) is 0 Å². The van der Waals surface area contributed by atoms with Crippen LogP contribution in [0.4, 0.5) is 4.39 Å². The van der Waals surface area contributed by atoms with E-state index in [4.69, 9.17) is 4.74 Å². The standard InChI is InChI=1S/C19H20FN3O2S2/c1-2-9-23-18(14-5-7-15(20)8-6-14)21-22-19(23)27-13-16(24)11-25-12-17-4-3-10-26-17/h2-8,10,16,24H,1,9,11-13H2/t16-/m0/s1. The van der Waals surface area contributed by atoms with E-state index in [1.807, 2.05) is 22.1 Å². The molecule has 0 aliphatic carbocycles. The number of benzene rings is 1. The number of ether oxygens (including phenoxy) is 1. The summed E-state index contributed by atoms with van der Waals surface area (Å²) < 4.78 is 20.6. The number of rotatable bonds is 10. The number of hydrogen-bond donors (Lipinski definition) is 1. The van der Waals surface area contributed by atoms with E-state index in [0.717, 1.165) is 10.4 Å². The normalized spacial score (nSPS) is 12.2. The highest BCUT2D eigenvalue weighted by atomic mass is 32.2. The predicted octanol–water partition coefficient (Wildman–Crippen LogP) is 4.00. The SMILES string of the molecule is C=CCn1c(SC[C@@H](O)COCc2cccs2)nnc1-c1ccc(F)cc1. The van der Waals surface area contributed by atoms with Gasteiger partial charge in [-0.25, -0.2) is 4.39 Å². The summed E-state index contributed by atoms with van der Waals surface area (Å²) in [6, 6.07) is 10.1. The fourth-order valence-electron chi connectivity index (χ4n) is 2.41. The van der Waals surface area contributed by atoms with Gasteiger partial charge in [0.1, 0.15) is 5.82 Å². The minimum atomic E-state index is -0.613. The number of halogens is 1. The van der Waals surface area contributed by atoms with Crippen LogP contribution < -0.4 is 0 Å². The van der Waals surface area contributed by atoms with E-state index in [9.17, 15) is 9.50 Å². The topological polar surface area (TPSA) is 60.2 Å². The molecule has 0 aliphatic heterocycles. The van der Waals surface area contributed by atoms with Crippen molar-refractivity contribution in [1.82, 2.24) is 14.8 Å². The van der Waals surface area contributed by atoms with Gasteiger partial charge in [-0.05, 0) is 35.7 Å². The Morgan fingerprint density at radius 3 is 2.81 bits per heavy atom. The summed E-state index contributed by atoms with van der Waals surface area (Å²) in [6.07, 6.45) is 1.14. The highest BCUT2D eigenvalue weighted by Crippen LogP contribution is 2.25. The number of thiophene rings is 1. The molecule has 1 N–H and O–H groups in total. The van der Waals surface area contributed by atoms with Crippen molar-refractivity contribution >= 4 is 23.1 Å². The Balaban J connectivity index is 1.59. The molecule has 0 unspecified atom stereocenters. The summed E-state index contributed by atoms with van der Waals surface area (Å²) in [5, 5.41) is 21.3. The van der Waals surface area contributed by atoms with Gasteiger partial charge in [0.15, 0.2) is 11.0 Å². The second-order valence-electron chi connectivity index (χ2n) is 5.77. The lowest BCUT2D eigenvalue weighted by Crippen LogP contribution is -2.18. The van der Waals surface area contributed by atoms with Crippen LogP contribution in [0, 0.1) is 5.82 Å². The number of aromatic nitrogens is 3. The van der Waals surface area contributed by atoms with E-state index in [0.29, 0.717) is 29.9 Å². The van der Waals surface area contributed by atoms with Gasteiger partial charge in [-0.2, -0.15) is 0 Å². The van der Waals surface area contributed by atoms with Gasteiger partial charge in [-0.15, -0.1) is 28.1 Å². The van der Waals surface area contributed by atoms with Crippen molar-refractivity contribution < 1.29 is 14.2 Å². The first-order valence-corrected chi connectivity index (χ1v) is 10.2. The molecule has 2 heterocycles. The van der Waals surface area contributed by atoms with E-state index < -0.39 is 6.10 Å². The fourth-order valence-corrected chi connectivity index (χ4v) is 3.90. The first-order valence-electron chi connectivity index (χ1n) is 8.38. The number of hydrogen-bond acceptors (Lipinski definition) is 6. The largest absolute Gasteiger partial charge is 0.390 e. The number of nitrogens with zero attached hydrogens (tertiary/aromatic N) is 3. The third kappa shape index (κ3) is 5.49. The van der Waals surface area contributed by atoms with E-state index in [1.54, 1.807) is 29.5 Å². The van der Waals surface area contributed by atoms with Gasteiger partial charge in [-0.1, -0.05) is 23.9 Å². The third-order valence-electron chi connectivity index (χ3n) is 3.67. The van der Waals surface area contributed by atoms with Gasteiger partial charge in [0.05, 0.1) is 19.3 Å². The summed E-state index contributed by atoms with van der Waals surface area (Å²) in [5.41, 5.74) is 0.775. The molecule has 2 aromatic heterocycles.